The zero-order valence-corrected chi connectivity index (χ0v) is 36.0. The molecule has 0 aliphatic carbocycles. The fraction of sp³-hybridized carbons (Fsp3) is 0.103. The van der Waals surface area contributed by atoms with Crippen LogP contribution in [0.4, 0.5) is 0 Å². The van der Waals surface area contributed by atoms with Gasteiger partial charge >= 0.3 is 0 Å². The number of rotatable bonds is 10. The number of para-hydroxylation sites is 2. The second-order valence-corrected chi connectivity index (χ2v) is 15.7. The molecule has 8 aromatic rings. The lowest BCUT2D eigenvalue weighted by atomic mass is 9.82. The Morgan fingerprint density at radius 3 is 1.70 bits per heavy atom. The van der Waals surface area contributed by atoms with Crippen LogP contribution in [0.3, 0.4) is 0 Å². The van der Waals surface area contributed by atoms with Gasteiger partial charge in [0.15, 0.2) is 5.84 Å². The van der Waals surface area contributed by atoms with E-state index in [1.807, 2.05) is 61.5 Å². The zero-order chi connectivity index (χ0) is 42.6. The highest BCUT2D eigenvalue weighted by Crippen LogP contribution is 2.39. The van der Waals surface area contributed by atoms with E-state index in [0.717, 1.165) is 22.4 Å². The van der Waals surface area contributed by atoms with Gasteiger partial charge in [-0.3, -0.25) is 0 Å². The molecule has 1 heterocycles. The van der Waals surface area contributed by atoms with Crippen LogP contribution in [0, 0.1) is 27.7 Å². The number of fused-ring (bicyclic) bond motifs is 3. The van der Waals surface area contributed by atoms with Crippen molar-refractivity contribution in [2.75, 3.05) is 0 Å². The van der Waals surface area contributed by atoms with Gasteiger partial charge in [0, 0.05) is 27.7 Å². The first-order valence-electron chi connectivity index (χ1n) is 20.9. The molecule has 0 bridgehead atoms. The summed E-state index contributed by atoms with van der Waals surface area (Å²) >= 11 is 0. The van der Waals surface area contributed by atoms with Crippen molar-refractivity contribution < 1.29 is 0 Å². The minimum atomic E-state index is 0.528. The van der Waals surface area contributed by atoms with Crippen molar-refractivity contribution >= 4 is 44.6 Å². The van der Waals surface area contributed by atoms with E-state index < -0.39 is 0 Å². The van der Waals surface area contributed by atoms with Gasteiger partial charge in [-0.05, 0) is 139 Å². The van der Waals surface area contributed by atoms with E-state index >= 15 is 0 Å². The number of hydrogen-bond acceptors (Lipinski definition) is 1. The van der Waals surface area contributed by atoms with E-state index in [4.69, 9.17) is 9.98 Å². The highest BCUT2D eigenvalue weighted by atomic mass is 15.0. The summed E-state index contributed by atoms with van der Waals surface area (Å²) in [5.41, 5.74) is 20.1. The molecule has 0 amide bonds. The fourth-order valence-electron chi connectivity index (χ4n) is 8.50. The molecule has 1 aromatic heterocycles. The number of hydrogen-bond donors (Lipinski definition) is 0. The molecule has 3 heteroatoms. The predicted molar refractivity (Wildman–Crippen MR) is 264 cm³/mol. The van der Waals surface area contributed by atoms with Crippen LogP contribution in [0.25, 0.3) is 61.0 Å². The Morgan fingerprint density at radius 2 is 1.07 bits per heavy atom. The number of amidine groups is 1. The van der Waals surface area contributed by atoms with Gasteiger partial charge in [-0.15, -0.1) is 0 Å². The van der Waals surface area contributed by atoms with E-state index in [2.05, 4.69) is 174 Å². The molecule has 0 atom stereocenters. The van der Waals surface area contributed by atoms with Gasteiger partial charge in [0.05, 0.1) is 16.7 Å². The molecule has 0 unspecified atom stereocenters. The van der Waals surface area contributed by atoms with Crippen molar-refractivity contribution in [2.24, 2.45) is 9.98 Å². The van der Waals surface area contributed by atoms with Crippen molar-refractivity contribution in [1.82, 2.24) is 4.57 Å². The first-order valence-corrected chi connectivity index (χ1v) is 20.9. The van der Waals surface area contributed by atoms with Crippen molar-refractivity contribution in [1.29, 1.82) is 0 Å². The number of aliphatic imine (C=N–C) groups is 2. The van der Waals surface area contributed by atoms with Gasteiger partial charge < -0.3 is 4.57 Å². The first-order chi connectivity index (χ1) is 29.6. The highest BCUT2D eigenvalue weighted by molar-refractivity contribution is 6.14. The number of aromatic nitrogens is 1. The normalized spacial score (nSPS) is 12.5. The van der Waals surface area contributed by atoms with Crippen LogP contribution >= 0.6 is 0 Å². The largest absolute Gasteiger partial charge is 0.309 e. The Morgan fingerprint density at radius 1 is 0.525 bits per heavy atom. The third kappa shape index (κ3) is 8.03. The fourth-order valence-corrected chi connectivity index (χ4v) is 8.50. The molecular formula is C58H51N3. The Bertz CT molecular complexity index is 3030. The van der Waals surface area contributed by atoms with Crippen LogP contribution in [-0.2, 0) is 0 Å². The number of nitrogens with zero attached hydrogens (tertiary/aromatic N) is 3. The maximum absolute atomic E-state index is 4.99. The van der Waals surface area contributed by atoms with Crippen LogP contribution in [0.1, 0.15) is 52.8 Å². The van der Waals surface area contributed by atoms with Crippen molar-refractivity contribution in [2.45, 2.75) is 41.5 Å². The Hall–Kier alpha value is -7.36. The topological polar surface area (TPSA) is 29.6 Å². The van der Waals surface area contributed by atoms with Crippen LogP contribution < -0.4 is 0 Å². The zero-order valence-electron chi connectivity index (χ0n) is 36.0. The molecule has 0 fully saturated rings. The summed E-state index contributed by atoms with van der Waals surface area (Å²) in [7, 11) is 0. The van der Waals surface area contributed by atoms with E-state index in [9.17, 15) is 0 Å². The molecular weight excluding hydrogens is 739 g/mol. The van der Waals surface area contributed by atoms with E-state index in [1.54, 1.807) is 0 Å². The van der Waals surface area contributed by atoms with Crippen LogP contribution in [0.15, 0.2) is 205 Å². The summed E-state index contributed by atoms with van der Waals surface area (Å²) in [4.78, 5) is 9.92. The van der Waals surface area contributed by atoms with Gasteiger partial charge in [0.25, 0.3) is 0 Å². The number of allylic oxidation sites excluding steroid dienone is 3. The predicted octanol–water partition coefficient (Wildman–Crippen LogP) is 15.4. The Balaban J connectivity index is 1.10. The maximum Gasteiger partial charge on any atom is 0.159 e. The molecule has 0 spiro atoms. The highest BCUT2D eigenvalue weighted by Gasteiger charge is 2.19. The van der Waals surface area contributed by atoms with Gasteiger partial charge in [-0.25, -0.2) is 9.98 Å². The minimum absolute atomic E-state index is 0.528. The van der Waals surface area contributed by atoms with Crippen LogP contribution in [0.5, 0.6) is 0 Å². The SMILES string of the molecule is C=C(/C=C\C(=C/C)c1c(C)c(C)c(-c2ccc(-c3ccc4c(c3)c3ccccc3n4-c3ccccc3)cc2)c(C)c1C)C(=N/C(=C)c1ccccc1)/N=C(\C)c1ccccc1. The van der Waals surface area contributed by atoms with Gasteiger partial charge in [0.1, 0.15) is 0 Å². The average Bonchev–Trinajstić information content (AvgIpc) is 3.64. The van der Waals surface area contributed by atoms with Gasteiger partial charge in [-0.2, -0.15) is 0 Å². The monoisotopic (exact) mass is 789 g/mol. The standard InChI is InChI=1S/C58H51N3/c1-9-45(30-29-38(2)58(59-43(7)46-21-13-10-14-22-46)60-44(8)47-23-15-11-16-24-47)56-39(3)41(5)57(42(6)40(56)4)49-33-31-48(32-34-49)50-35-36-55-53(37-50)52-27-19-20-28-54(52)61(55)51-25-17-12-18-26-51/h9-37H,2,7H2,1,3-6,8H3/b30-29-,45-9+,59-58-,60-44+. The maximum atomic E-state index is 4.99. The number of benzene rings is 7. The molecule has 0 aliphatic rings. The van der Waals surface area contributed by atoms with Crippen molar-refractivity contribution in [3.8, 4) is 27.9 Å². The molecule has 0 radical (unpaired) electrons. The molecule has 0 saturated heterocycles. The minimum Gasteiger partial charge on any atom is -0.309 e. The van der Waals surface area contributed by atoms with Gasteiger partial charge in [-0.1, -0.05) is 159 Å². The van der Waals surface area contributed by atoms with E-state index in [0.29, 0.717) is 17.1 Å². The lowest BCUT2D eigenvalue weighted by molar-refractivity contribution is 1.18. The molecule has 7 aromatic carbocycles. The third-order valence-electron chi connectivity index (χ3n) is 12.0. The lowest BCUT2D eigenvalue weighted by Gasteiger charge is -2.22. The van der Waals surface area contributed by atoms with E-state index in [-0.39, 0.29) is 0 Å². The van der Waals surface area contributed by atoms with Crippen LogP contribution in [-0.4, -0.2) is 16.1 Å². The molecule has 0 N–H and O–H groups in total. The van der Waals surface area contributed by atoms with E-state index in [1.165, 1.54) is 77.6 Å². The van der Waals surface area contributed by atoms with Crippen LogP contribution in [0.2, 0.25) is 0 Å². The summed E-state index contributed by atoms with van der Waals surface area (Å²) in [5.74, 6) is 0.528. The summed E-state index contributed by atoms with van der Waals surface area (Å²) in [5, 5.41) is 2.51. The smallest absolute Gasteiger partial charge is 0.159 e. The van der Waals surface area contributed by atoms with Gasteiger partial charge in [0.2, 0.25) is 0 Å². The second-order valence-electron chi connectivity index (χ2n) is 15.7. The molecule has 8 rings (SSSR count). The molecule has 61 heavy (non-hydrogen) atoms. The average molecular weight is 790 g/mol. The Labute approximate surface area is 360 Å². The van der Waals surface area contributed by atoms with Crippen molar-refractivity contribution in [3.63, 3.8) is 0 Å². The lowest BCUT2D eigenvalue weighted by Crippen LogP contribution is -2.04. The summed E-state index contributed by atoms with van der Waals surface area (Å²) < 4.78 is 2.36. The second kappa shape index (κ2) is 17.5. The molecule has 298 valence electrons. The summed E-state index contributed by atoms with van der Waals surface area (Å²) in [6.45, 7) is 21.8. The van der Waals surface area contributed by atoms with Crippen molar-refractivity contribution in [3.05, 3.63) is 234 Å². The molecule has 3 nitrogen and oxygen atoms in total. The molecule has 0 aliphatic heterocycles. The summed E-state index contributed by atoms with van der Waals surface area (Å²) in [6, 6.07) is 55.4. The first kappa shape index (κ1) is 40.4. The summed E-state index contributed by atoms with van der Waals surface area (Å²) in [6.07, 6.45) is 6.35. The quantitative estimate of drug-likeness (QED) is 0.0750. The third-order valence-corrected chi connectivity index (χ3v) is 12.0. The molecule has 0 saturated carbocycles. The Kier molecular flexibility index (Phi) is 11.6.